The molecule has 0 aromatic heterocycles. The Bertz CT molecular complexity index is 1200. The molecule has 9 heteroatoms. The normalized spacial score (nSPS) is 25.9. The van der Waals surface area contributed by atoms with Crippen molar-refractivity contribution in [1.82, 2.24) is 5.32 Å². The van der Waals surface area contributed by atoms with E-state index in [1.807, 2.05) is 12.1 Å². The summed E-state index contributed by atoms with van der Waals surface area (Å²) in [7, 11) is 2.93. The predicted octanol–water partition coefficient (Wildman–Crippen LogP) is 3.42. The van der Waals surface area contributed by atoms with Crippen LogP contribution in [0.15, 0.2) is 24.3 Å². The van der Waals surface area contributed by atoms with Crippen molar-refractivity contribution in [2.75, 3.05) is 27.6 Å². The van der Waals surface area contributed by atoms with Crippen LogP contribution in [0.25, 0.3) is 0 Å². The van der Waals surface area contributed by atoms with Crippen LogP contribution >= 0.6 is 0 Å². The average molecular weight is 496 g/mol. The van der Waals surface area contributed by atoms with Crippen molar-refractivity contribution >= 4 is 11.9 Å². The number of ether oxygens (including phenoxy) is 5. The van der Waals surface area contributed by atoms with Crippen molar-refractivity contribution in [2.24, 2.45) is 17.8 Å². The minimum absolute atomic E-state index is 0.0159. The van der Waals surface area contributed by atoms with Gasteiger partial charge in [-0.25, -0.2) is 0 Å². The zero-order valence-electron chi connectivity index (χ0n) is 20.2. The molecule has 2 aliphatic carbocycles. The Balaban J connectivity index is 1.48. The predicted molar refractivity (Wildman–Crippen MR) is 126 cm³/mol. The van der Waals surface area contributed by atoms with E-state index in [0.29, 0.717) is 23.8 Å². The van der Waals surface area contributed by atoms with E-state index in [4.69, 9.17) is 23.7 Å². The third-order valence-electron chi connectivity index (χ3n) is 8.06. The molecular formula is C27H29NO8. The minimum Gasteiger partial charge on any atom is -0.502 e. The number of nitrogens with one attached hydrogen (secondary N) is 1. The fourth-order valence-corrected chi connectivity index (χ4v) is 6.03. The summed E-state index contributed by atoms with van der Waals surface area (Å²) in [6, 6.07) is 6.83. The maximum absolute atomic E-state index is 13.2. The van der Waals surface area contributed by atoms with Gasteiger partial charge in [-0.1, -0.05) is 6.42 Å². The Morgan fingerprint density at radius 3 is 2.31 bits per heavy atom. The van der Waals surface area contributed by atoms with E-state index >= 15 is 0 Å². The first-order valence-corrected chi connectivity index (χ1v) is 12.3. The molecule has 2 heterocycles. The van der Waals surface area contributed by atoms with E-state index in [-0.39, 0.29) is 48.4 Å². The number of aromatic hydroxyl groups is 1. The standard InChI is InChI=1S/C27H29NO8/c1-32-20-7-14(8-21(33-2)26(20)30)23-15-9-18-19(36-12-35-18)10-16(15)25(17-11-34-27(31)24(17)23)28-22(29)6-13-4-3-5-13/h7-10,13,17,23-25,30H,3-6,11-12H2,1-2H3,(H,28,29)/t17?,23-,24?,25-/m1/s1. The van der Waals surface area contributed by atoms with E-state index in [1.165, 1.54) is 20.6 Å². The summed E-state index contributed by atoms with van der Waals surface area (Å²) in [4.78, 5) is 26.2. The van der Waals surface area contributed by atoms with Crippen LogP contribution in [-0.2, 0) is 14.3 Å². The Hall–Kier alpha value is -3.62. The lowest BCUT2D eigenvalue weighted by Crippen LogP contribution is -2.43. The molecule has 2 aromatic carbocycles. The van der Waals surface area contributed by atoms with Crippen molar-refractivity contribution in [3.05, 3.63) is 41.0 Å². The molecule has 0 bridgehead atoms. The topological polar surface area (TPSA) is 113 Å². The molecule has 2 aliphatic heterocycles. The number of fused-ring (bicyclic) bond motifs is 3. The van der Waals surface area contributed by atoms with Crippen molar-refractivity contribution in [2.45, 2.75) is 37.6 Å². The Labute approximate surface area is 208 Å². The number of hydrogen-bond acceptors (Lipinski definition) is 8. The second-order valence-electron chi connectivity index (χ2n) is 9.95. The Morgan fingerprint density at radius 2 is 1.69 bits per heavy atom. The zero-order chi connectivity index (χ0) is 25.0. The molecule has 2 fully saturated rings. The van der Waals surface area contributed by atoms with E-state index in [1.54, 1.807) is 12.1 Å². The number of cyclic esters (lactones) is 1. The van der Waals surface area contributed by atoms with Crippen molar-refractivity contribution < 1.29 is 38.4 Å². The molecule has 2 aromatic rings. The van der Waals surface area contributed by atoms with Gasteiger partial charge in [0.15, 0.2) is 23.0 Å². The summed E-state index contributed by atoms with van der Waals surface area (Å²) in [6.07, 6.45) is 3.81. The highest BCUT2D eigenvalue weighted by Crippen LogP contribution is 2.55. The molecule has 9 nitrogen and oxygen atoms in total. The highest BCUT2D eigenvalue weighted by Gasteiger charge is 2.53. The summed E-state index contributed by atoms with van der Waals surface area (Å²) in [5.41, 5.74) is 2.44. The maximum atomic E-state index is 13.2. The van der Waals surface area contributed by atoms with Crippen LogP contribution in [0.4, 0.5) is 0 Å². The first-order valence-electron chi connectivity index (χ1n) is 12.3. The summed E-state index contributed by atoms with van der Waals surface area (Å²) < 4.78 is 27.7. The van der Waals surface area contributed by atoms with Gasteiger partial charge in [0.1, 0.15) is 0 Å². The van der Waals surface area contributed by atoms with Crippen molar-refractivity contribution in [1.29, 1.82) is 0 Å². The molecule has 6 rings (SSSR count). The highest BCUT2D eigenvalue weighted by atomic mass is 16.7. The molecule has 2 unspecified atom stereocenters. The molecule has 4 aliphatic rings. The minimum atomic E-state index is -0.550. The average Bonchev–Trinajstić information content (AvgIpc) is 3.47. The number of carbonyl (C=O) groups excluding carboxylic acids is 2. The van der Waals surface area contributed by atoms with E-state index in [9.17, 15) is 14.7 Å². The molecule has 1 saturated carbocycles. The fraction of sp³-hybridized carbons (Fsp3) is 0.481. The molecule has 2 N–H and O–H groups in total. The number of amides is 1. The SMILES string of the molecule is COc1cc([C@@H]2c3cc4c(cc3[C@@H](NC(=O)CC3CCC3)C3COC(=O)C32)OCO4)cc(OC)c1O. The van der Waals surface area contributed by atoms with Crippen molar-refractivity contribution in [3.8, 4) is 28.7 Å². The third-order valence-corrected chi connectivity index (χ3v) is 8.06. The lowest BCUT2D eigenvalue weighted by Gasteiger charge is -2.40. The summed E-state index contributed by atoms with van der Waals surface area (Å²) in [5, 5.41) is 13.7. The number of esters is 1. The van der Waals surface area contributed by atoms with Gasteiger partial charge in [-0.2, -0.15) is 0 Å². The number of phenolic OH excluding ortho intramolecular Hbond substituents is 1. The smallest absolute Gasteiger partial charge is 0.310 e. The molecule has 190 valence electrons. The van der Waals surface area contributed by atoms with Gasteiger partial charge in [-0.15, -0.1) is 0 Å². The molecule has 1 amide bonds. The van der Waals surface area contributed by atoms with Gasteiger partial charge >= 0.3 is 5.97 Å². The molecule has 0 radical (unpaired) electrons. The van der Waals surface area contributed by atoms with E-state index < -0.39 is 17.9 Å². The van der Waals surface area contributed by atoms with Gasteiger partial charge in [0.25, 0.3) is 0 Å². The number of carbonyl (C=O) groups is 2. The lowest BCUT2D eigenvalue weighted by molar-refractivity contribution is -0.141. The quantitative estimate of drug-likeness (QED) is 0.587. The van der Waals surface area contributed by atoms with Crippen LogP contribution in [0.1, 0.15) is 54.3 Å². The maximum Gasteiger partial charge on any atom is 0.310 e. The fourth-order valence-electron chi connectivity index (χ4n) is 6.03. The lowest BCUT2D eigenvalue weighted by atomic mass is 9.65. The number of rotatable bonds is 6. The first kappa shape index (κ1) is 22.8. The van der Waals surface area contributed by atoms with Gasteiger partial charge in [0.2, 0.25) is 18.4 Å². The largest absolute Gasteiger partial charge is 0.502 e. The summed E-state index contributed by atoms with van der Waals surface area (Å²) >= 11 is 0. The van der Waals surface area contributed by atoms with E-state index in [0.717, 1.165) is 29.5 Å². The monoisotopic (exact) mass is 495 g/mol. The summed E-state index contributed by atoms with van der Waals surface area (Å²) in [6.45, 7) is 0.311. The van der Waals surface area contributed by atoms with Crippen LogP contribution in [-0.4, -0.2) is 44.6 Å². The van der Waals surface area contributed by atoms with Crippen LogP contribution in [0.2, 0.25) is 0 Å². The van der Waals surface area contributed by atoms with Gasteiger partial charge in [-0.3, -0.25) is 9.59 Å². The Kier molecular flexibility index (Phi) is 5.58. The number of benzene rings is 2. The van der Waals surface area contributed by atoms with E-state index in [2.05, 4.69) is 5.32 Å². The van der Waals surface area contributed by atoms with Gasteiger partial charge in [0, 0.05) is 18.3 Å². The molecular weight excluding hydrogens is 466 g/mol. The van der Waals surface area contributed by atoms with Gasteiger partial charge in [0.05, 0.1) is 32.8 Å². The van der Waals surface area contributed by atoms with Gasteiger partial charge < -0.3 is 34.1 Å². The Morgan fingerprint density at radius 1 is 1.03 bits per heavy atom. The molecule has 36 heavy (non-hydrogen) atoms. The van der Waals surface area contributed by atoms with Crippen LogP contribution in [0.3, 0.4) is 0 Å². The first-order chi connectivity index (χ1) is 17.5. The summed E-state index contributed by atoms with van der Waals surface area (Å²) in [5.74, 6) is 0.390. The zero-order valence-corrected chi connectivity index (χ0v) is 20.2. The highest BCUT2D eigenvalue weighted by molar-refractivity contribution is 5.81. The third kappa shape index (κ3) is 3.60. The van der Waals surface area contributed by atoms with Gasteiger partial charge in [-0.05, 0) is 59.7 Å². The van der Waals surface area contributed by atoms with Crippen LogP contribution in [0, 0.1) is 17.8 Å². The second kappa shape index (κ2) is 8.80. The molecule has 0 spiro atoms. The van der Waals surface area contributed by atoms with Crippen LogP contribution in [0.5, 0.6) is 28.7 Å². The van der Waals surface area contributed by atoms with Crippen LogP contribution < -0.4 is 24.3 Å². The number of methoxy groups -OCH3 is 2. The second-order valence-corrected chi connectivity index (χ2v) is 9.95. The van der Waals surface area contributed by atoms with Crippen molar-refractivity contribution in [3.63, 3.8) is 0 Å². The molecule has 1 saturated heterocycles. The molecule has 4 atom stereocenters. The number of hydrogen-bond donors (Lipinski definition) is 2. The number of phenols is 1.